The third kappa shape index (κ3) is 4.04. The molecule has 2 aromatic carbocycles. The summed E-state index contributed by atoms with van der Waals surface area (Å²) in [6.07, 6.45) is 1.78. The Morgan fingerprint density at radius 2 is 1.90 bits per heavy atom. The van der Waals surface area contributed by atoms with Gasteiger partial charge < -0.3 is 15.4 Å². The Morgan fingerprint density at radius 1 is 1.13 bits per heavy atom. The summed E-state index contributed by atoms with van der Waals surface area (Å²) in [5.41, 5.74) is 6.69. The van der Waals surface area contributed by atoms with Gasteiger partial charge in [-0.15, -0.1) is 11.8 Å². The third-order valence-electron chi connectivity index (χ3n) is 5.27. The Hall–Kier alpha value is -3.25. The van der Waals surface area contributed by atoms with Gasteiger partial charge in [0.2, 0.25) is 0 Å². The van der Waals surface area contributed by atoms with E-state index in [2.05, 4.69) is 22.4 Å². The number of hydrogen-bond acceptors (Lipinski definition) is 3. The molecule has 0 spiro atoms. The average Bonchev–Trinajstić information content (AvgIpc) is 3.17. The lowest BCUT2D eigenvalue weighted by molar-refractivity contribution is -0.136. The van der Waals surface area contributed by atoms with Crippen molar-refractivity contribution < 1.29 is 14.7 Å². The van der Waals surface area contributed by atoms with Crippen LogP contribution in [-0.4, -0.2) is 22.0 Å². The van der Waals surface area contributed by atoms with Crippen molar-refractivity contribution in [3.05, 3.63) is 82.2 Å². The molecule has 1 aliphatic heterocycles. The van der Waals surface area contributed by atoms with Crippen LogP contribution in [0, 0.1) is 13.8 Å². The van der Waals surface area contributed by atoms with Gasteiger partial charge in [0.1, 0.15) is 0 Å². The van der Waals surface area contributed by atoms with E-state index in [9.17, 15) is 9.59 Å². The monoisotopic (exact) mass is 418 g/mol. The van der Waals surface area contributed by atoms with E-state index >= 15 is 0 Å². The van der Waals surface area contributed by atoms with Gasteiger partial charge in [-0.3, -0.25) is 9.59 Å². The number of rotatable bonds is 6. The van der Waals surface area contributed by atoms with E-state index in [0.29, 0.717) is 5.57 Å². The Kier molecular flexibility index (Phi) is 5.50. The largest absolute Gasteiger partial charge is 0.481 e. The average molecular weight is 419 g/mol. The number of aromatic nitrogens is 1. The van der Waals surface area contributed by atoms with Crippen molar-refractivity contribution in [3.8, 4) is 0 Å². The summed E-state index contributed by atoms with van der Waals surface area (Å²) < 4.78 is 0. The SMILES string of the molecule is Cc1[nH]c(/C=C2\C(=O)Nc3ccc(SCc4ccccc4)cc32)c(C)c1CC(=O)O. The Morgan fingerprint density at radius 3 is 2.63 bits per heavy atom. The molecule has 1 aliphatic rings. The summed E-state index contributed by atoms with van der Waals surface area (Å²) in [5, 5.41) is 12.1. The molecule has 0 atom stereocenters. The lowest BCUT2D eigenvalue weighted by Gasteiger charge is -2.05. The van der Waals surface area contributed by atoms with E-state index in [1.54, 1.807) is 11.8 Å². The molecule has 0 unspecified atom stereocenters. The van der Waals surface area contributed by atoms with E-state index in [0.717, 1.165) is 44.4 Å². The van der Waals surface area contributed by atoms with Gasteiger partial charge in [0.05, 0.1) is 12.0 Å². The molecule has 3 N–H and O–H groups in total. The highest BCUT2D eigenvalue weighted by Crippen LogP contribution is 2.37. The number of carboxylic acid groups (broad SMARTS) is 1. The molecule has 4 rings (SSSR count). The molecule has 0 bridgehead atoms. The lowest BCUT2D eigenvalue weighted by atomic mass is 10.0. The van der Waals surface area contributed by atoms with Crippen molar-refractivity contribution in [2.45, 2.75) is 30.9 Å². The van der Waals surface area contributed by atoms with Crippen LogP contribution in [0.25, 0.3) is 11.6 Å². The number of benzene rings is 2. The van der Waals surface area contributed by atoms with E-state index in [-0.39, 0.29) is 12.3 Å². The van der Waals surface area contributed by atoms with Gasteiger partial charge in [0.15, 0.2) is 0 Å². The molecule has 5 nitrogen and oxygen atoms in total. The number of aromatic amines is 1. The van der Waals surface area contributed by atoms with Crippen molar-refractivity contribution in [2.24, 2.45) is 0 Å². The van der Waals surface area contributed by atoms with Gasteiger partial charge in [-0.25, -0.2) is 0 Å². The minimum Gasteiger partial charge on any atom is -0.481 e. The molecule has 6 heteroatoms. The van der Waals surface area contributed by atoms with Crippen LogP contribution < -0.4 is 5.32 Å². The summed E-state index contributed by atoms with van der Waals surface area (Å²) in [7, 11) is 0. The van der Waals surface area contributed by atoms with Gasteiger partial charge in [-0.2, -0.15) is 0 Å². The number of fused-ring (bicyclic) bond motifs is 1. The molecule has 2 heterocycles. The topological polar surface area (TPSA) is 82.2 Å². The minimum absolute atomic E-state index is 0.0413. The number of thioether (sulfide) groups is 1. The molecule has 152 valence electrons. The Balaban J connectivity index is 1.64. The van der Waals surface area contributed by atoms with Crippen LogP contribution in [0.1, 0.15) is 33.6 Å². The smallest absolute Gasteiger partial charge is 0.307 e. The number of H-pyrrole nitrogens is 1. The maximum atomic E-state index is 12.6. The molecule has 0 saturated carbocycles. The van der Waals surface area contributed by atoms with Gasteiger partial charge in [0.25, 0.3) is 5.91 Å². The van der Waals surface area contributed by atoms with Crippen LogP contribution in [0.3, 0.4) is 0 Å². The van der Waals surface area contributed by atoms with E-state index in [4.69, 9.17) is 5.11 Å². The second-order valence-corrected chi connectivity index (χ2v) is 8.38. The highest BCUT2D eigenvalue weighted by Gasteiger charge is 2.25. The van der Waals surface area contributed by atoms with Crippen LogP contribution >= 0.6 is 11.8 Å². The molecule has 0 saturated heterocycles. The van der Waals surface area contributed by atoms with Crippen LogP contribution in [-0.2, 0) is 21.8 Å². The predicted octanol–water partition coefficient (Wildman–Crippen LogP) is 5.04. The summed E-state index contributed by atoms with van der Waals surface area (Å²) >= 11 is 1.73. The highest BCUT2D eigenvalue weighted by molar-refractivity contribution is 7.98. The standard InChI is InChI=1S/C24H22N2O3S/c1-14-18(12-23(27)28)15(2)25-22(14)11-20-19-10-17(8-9-21(19)26-24(20)29)30-13-16-6-4-3-5-7-16/h3-11,25H,12-13H2,1-2H3,(H,26,29)(H,27,28)/b20-11-. The first-order valence-corrected chi connectivity index (χ1v) is 10.6. The number of carbonyl (C=O) groups excluding carboxylic acids is 1. The summed E-state index contributed by atoms with van der Waals surface area (Å²) in [6, 6.07) is 16.3. The Bertz CT molecular complexity index is 1160. The number of nitrogens with one attached hydrogen (secondary N) is 2. The molecule has 0 aliphatic carbocycles. The van der Waals surface area contributed by atoms with E-state index < -0.39 is 5.97 Å². The van der Waals surface area contributed by atoms with E-state index in [1.807, 2.05) is 56.3 Å². The van der Waals surface area contributed by atoms with Crippen molar-refractivity contribution >= 4 is 41.0 Å². The van der Waals surface area contributed by atoms with Gasteiger partial charge in [0, 0.05) is 33.3 Å². The maximum Gasteiger partial charge on any atom is 0.307 e. The number of aliphatic carboxylic acids is 1. The maximum absolute atomic E-state index is 12.6. The predicted molar refractivity (Wildman–Crippen MR) is 121 cm³/mol. The first kappa shape index (κ1) is 20.0. The number of carbonyl (C=O) groups is 2. The summed E-state index contributed by atoms with van der Waals surface area (Å²) in [5.74, 6) is -0.168. The van der Waals surface area contributed by atoms with Crippen LogP contribution in [0.2, 0.25) is 0 Å². The zero-order valence-corrected chi connectivity index (χ0v) is 17.6. The quantitative estimate of drug-likeness (QED) is 0.387. The van der Waals surface area contributed by atoms with Crippen molar-refractivity contribution in [1.29, 1.82) is 0 Å². The van der Waals surface area contributed by atoms with Crippen LogP contribution in [0.15, 0.2) is 53.4 Å². The minimum atomic E-state index is -0.872. The second kappa shape index (κ2) is 8.24. The number of hydrogen-bond donors (Lipinski definition) is 3. The van der Waals surface area contributed by atoms with Crippen molar-refractivity contribution in [2.75, 3.05) is 5.32 Å². The van der Waals surface area contributed by atoms with Gasteiger partial charge in [-0.05, 0) is 54.8 Å². The van der Waals surface area contributed by atoms with E-state index in [1.165, 1.54) is 5.56 Å². The molecule has 0 fully saturated rings. The molecule has 1 amide bonds. The summed E-state index contributed by atoms with van der Waals surface area (Å²) in [4.78, 5) is 28.1. The molecule has 1 aromatic heterocycles. The number of anilines is 1. The van der Waals surface area contributed by atoms with Crippen LogP contribution in [0.5, 0.6) is 0 Å². The molecular weight excluding hydrogens is 396 g/mol. The molecule has 3 aromatic rings. The zero-order chi connectivity index (χ0) is 21.3. The van der Waals surface area contributed by atoms with Crippen molar-refractivity contribution in [3.63, 3.8) is 0 Å². The normalized spacial score (nSPS) is 14.1. The molecule has 30 heavy (non-hydrogen) atoms. The number of carboxylic acids is 1. The zero-order valence-electron chi connectivity index (χ0n) is 16.8. The van der Waals surface area contributed by atoms with Gasteiger partial charge in [-0.1, -0.05) is 30.3 Å². The number of aryl methyl sites for hydroxylation is 1. The fourth-order valence-electron chi connectivity index (χ4n) is 3.66. The lowest BCUT2D eigenvalue weighted by Crippen LogP contribution is -2.03. The molecule has 0 radical (unpaired) electrons. The third-order valence-corrected chi connectivity index (χ3v) is 6.34. The van der Waals surface area contributed by atoms with Gasteiger partial charge >= 0.3 is 5.97 Å². The fraction of sp³-hybridized carbons (Fsp3) is 0.167. The van der Waals surface area contributed by atoms with Crippen molar-refractivity contribution in [1.82, 2.24) is 4.98 Å². The van der Waals surface area contributed by atoms with Crippen LogP contribution in [0.4, 0.5) is 5.69 Å². The first-order chi connectivity index (χ1) is 14.4. The Labute approximate surface area is 179 Å². The fourth-order valence-corrected chi connectivity index (χ4v) is 4.55. The summed E-state index contributed by atoms with van der Waals surface area (Å²) in [6.45, 7) is 3.74. The number of amides is 1. The highest BCUT2D eigenvalue weighted by atomic mass is 32.2. The molecular formula is C24H22N2O3S. The second-order valence-electron chi connectivity index (χ2n) is 7.33. The first-order valence-electron chi connectivity index (χ1n) is 9.66.